The first-order chi connectivity index (χ1) is 17.0. The van der Waals surface area contributed by atoms with Gasteiger partial charge in [-0.25, -0.2) is 19.7 Å². The summed E-state index contributed by atoms with van der Waals surface area (Å²) in [4.78, 5) is 26.2. The summed E-state index contributed by atoms with van der Waals surface area (Å²) in [6.07, 6.45) is 0.133. The Morgan fingerprint density at radius 1 is 1.31 bits per heavy atom. The van der Waals surface area contributed by atoms with Crippen LogP contribution in [0.4, 0.5) is 16.3 Å². The molecule has 12 heteroatoms. The number of aromatic nitrogens is 4. The van der Waals surface area contributed by atoms with Crippen LogP contribution in [0.5, 0.6) is 0 Å². The molecule has 0 radical (unpaired) electrons. The molecule has 3 aromatic rings. The summed E-state index contributed by atoms with van der Waals surface area (Å²) in [6, 6.07) is 7.65. The number of nitrogens with zero attached hydrogens (tertiary/aromatic N) is 5. The highest BCUT2D eigenvalue weighted by molar-refractivity contribution is 5.84. The minimum Gasteiger partial charge on any atom is -0.448 e. The Morgan fingerprint density at radius 2 is 2.03 bits per heavy atom. The summed E-state index contributed by atoms with van der Waals surface area (Å²) in [6.45, 7) is 7.06. The van der Waals surface area contributed by atoms with E-state index in [-0.39, 0.29) is 24.4 Å². The van der Waals surface area contributed by atoms with E-state index in [4.69, 9.17) is 15.2 Å². The van der Waals surface area contributed by atoms with E-state index >= 15 is 0 Å². The van der Waals surface area contributed by atoms with Gasteiger partial charge in [-0.05, 0) is 30.2 Å². The first kappa shape index (κ1) is 25.8. The van der Waals surface area contributed by atoms with Crippen LogP contribution < -0.4 is 11.1 Å². The van der Waals surface area contributed by atoms with Gasteiger partial charge >= 0.3 is 6.09 Å². The Balaban J connectivity index is 1.26. The van der Waals surface area contributed by atoms with E-state index in [2.05, 4.69) is 41.0 Å². The van der Waals surface area contributed by atoms with Crippen molar-refractivity contribution in [2.75, 3.05) is 44.4 Å². The molecular formula is C24H33N7O5. The Labute approximate surface area is 209 Å². The highest BCUT2D eigenvalue weighted by Gasteiger charge is 2.50. The lowest BCUT2D eigenvalue weighted by Crippen LogP contribution is -2.48. The zero-order valence-electron chi connectivity index (χ0n) is 20.9. The van der Waals surface area contributed by atoms with Crippen LogP contribution in [0.15, 0.2) is 36.9 Å². The molecule has 0 saturated carbocycles. The molecule has 12 nitrogen and oxygen atoms in total. The fraction of sp³-hybridized carbons (Fsp3) is 0.500. The van der Waals surface area contributed by atoms with Crippen LogP contribution in [-0.4, -0.2) is 86.3 Å². The number of rotatable bonds is 7. The second kappa shape index (κ2) is 9.97. The maximum absolute atomic E-state index is 12.1. The van der Waals surface area contributed by atoms with E-state index in [1.54, 1.807) is 7.05 Å². The van der Waals surface area contributed by atoms with Gasteiger partial charge in [0, 0.05) is 18.8 Å². The van der Waals surface area contributed by atoms with Gasteiger partial charge in [-0.3, -0.25) is 9.88 Å². The van der Waals surface area contributed by atoms with Crippen molar-refractivity contribution < 1.29 is 24.5 Å². The van der Waals surface area contributed by atoms with Gasteiger partial charge in [0.05, 0.1) is 12.9 Å². The first-order valence-electron chi connectivity index (χ1n) is 11.7. The minimum absolute atomic E-state index is 0.0326. The molecule has 1 saturated heterocycles. The second-order valence-electron chi connectivity index (χ2n) is 10.1. The smallest absolute Gasteiger partial charge is 0.411 e. The molecule has 5 N–H and O–H groups in total. The molecule has 1 aliphatic rings. The molecule has 3 heterocycles. The molecule has 1 aliphatic heterocycles. The fourth-order valence-electron chi connectivity index (χ4n) is 4.10. The van der Waals surface area contributed by atoms with Crippen LogP contribution in [-0.2, 0) is 20.6 Å². The molecule has 0 spiro atoms. The lowest BCUT2D eigenvalue weighted by Gasteiger charge is -2.29. The zero-order valence-corrected chi connectivity index (χ0v) is 20.9. The number of nitrogen functional groups attached to an aromatic ring is 1. The Hall–Kier alpha value is -3.32. The van der Waals surface area contributed by atoms with E-state index < -0.39 is 24.0 Å². The number of ether oxygens (including phenoxy) is 2. The molecule has 0 aliphatic carbocycles. The molecule has 1 fully saturated rings. The zero-order chi connectivity index (χ0) is 26.1. The van der Waals surface area contributed by atoms with Gasteiger partial charge in [-0.15, -0.1) is 0 Å². The van der Waals surface area contributed by atoms with Crippen molar-refractivity contribution in [2.24, 2.45) is 0 Å². The predicted octanol–water partition coefficient (Wildman–Crippen LogP) is 1.29. The minimum atomic E-state index is -1.76. The predicted molar refractivity (Wildman–Crippen MR) is 133 cm³/mol. The number of anilines is 2. The van der Waals surface area contributed by atoms with E-state index in [1.807, 2.05) is 29.2 Å². The molecule has 1 amide bonds. The summed E-state index contributed by atoms with van der Waals surface area (Å²) in [5.41, 5.74) is 6.55. The monoisotopic (exact) mass is 499 g/mol. The van der Waals surface area contributed by atoms with Gasteiger partial charge in [0.2, 0.25) is 0 Å². The molecule has 194 valence electrons. The largest absolute Gasteiger partial charge is 0.448 e. The Kier molecular flexibility index (Phi) is 7.14. The normalized spacial score (nSPS) is 22.3. The highest BCUT2D eigenvalue weighted by Crippen LogP contribution is 2.32. The molecule has 3 unspecified atom stereocenters. The number of carbonyl (C=O) groups is 1. The molecule has 0 bridgehead atoms. The summed E-state index contributed by atoms with van der Waals surface area (Å²) in [5, 5.41) is 24.8. The maximum Gasteiger partial charge on any atom is 0.411 e. The van der Waals surface area contributed by atoms with Gasteiger partial charge in [0.1, 0.15) is 30.7 Å². The average molecular weight is 500 g/mol. The summed E-state index contributed by atoms with van der Waals surface area (Å²) in [5.74, 6) is 0.179. The molecule has 4 rings (SSSR count). The molecular weight excluding hydrogens is 466 g/mol. The lowest BCUT2D eigenvalue weighted by molar-refractivity contribution is -0.108. The maximum atomic E-state index is 12.1. The van der Waals surface area contributed by atoms with Crippen molar-refractivity contribution >= 4 is 28.8 Å². The van der Waals surface area contributed by atoms with Gasteiger partial charge in [-0.1, -0.05) is 32.9 Å². The Bertz CT molecular complexity index is 1210. The number of nitrogens with two attached hydrogens (primary N) is 1. The van der Waals surface area contributed by atoms with Crippen molar-refractivity contribution in [1.82, 2.24) is 24.4 Å². The van der Waals surface area contributed by atoms with Crippen molar-refractivity contribution in [3.63, 3.8) is 0 Å². The van der Waals surface area contributed by atoms with Crippen molar-refractivity contribution in [1.29, 1.82) is 0 Å². The van der Waals surface area contributed by atoms with Gasteiger partial charge in [0.15, 0.2) is 17.2 Å². The van der Waals surface area contributed by atoms with Crippen LogP contribution in [0.25, 0.3) is 11.2 Å². The van der Waals surface area contributed by atoms with Crippen molar-refractivity contribution in [2.45, 2.75) is 44.1 Å². The number of hydrogen-bond donors (Lipinski definition) is 4. The third-order valence-corrected chi connectivity index (χ3v) is 6.31. The highest BCUT2D eigenvalue weighted by atomic mass is 16.6. The van der Waals surface area contributed by atoms with E-state index in [0.29, 0.717) is 29.9 Å². The van der Waals surface area contributed by atoms with Gasteiger partial charge < -0.3 is 30.3 Å². The van der Waals surface area contributed by atoms with Crippen LogP contribution >= 0.6 is 0 Å². The molecule has 36 heavy (non-hydrogen) atoms. The number of aliphatic hydroxyl groups is 2. The fourth-order valence-corrected chi connectivity index (χ4v) is 4.10. The number of hydrogen-bond acceptors (Lipinski definition) is 10. The quantitative estimate of drug-likeness (QED) is 0.373. The number of amides is 1. The third-order valence-electron chi connectivity index (χ3n) is 6.31. The summed E-state index contributed by atoms with van der Waals surface area (Å²) < 4.78 is 12.3. The molecule has 2 aromatic heterocycles. The SMILES string of the molecule is CN(CCOC(=O)Nc1ccc(C(C)(C)C)cc1)CC1OCC(O)(n2cnc3c(N)ncnc32)C1O. The number of imidazole rings is 1. The standard InChI is InChI=1S/C24H33N7O5/c1-23(2,3)15-5-7-16(8-6-15)29-22(33)35-10-9-30(4)11-17-19(32)24(34,12-36-17)31-14-28-18-20(25)26-13-27-21(18)31/h5-8,13-14,17,19,32,34H,9-12H2,1-4H3,(H,29,33)(H2,25,26,27). The number of carbonyl (C=O) groups excluding carboxylic acids is 1. The summed E-state index contributed by atoms with van der Waals surface area (Å²) in [7, 11) is 1.81. The third kappa shape index (κ3) is 5.26. The van der Waals surface area contributed by atoms with Gasteiger partial charge in [-0.2, -0.15) is 0 Å². The number of nitrogens with one attached hydrogen (secondary N) is 1. The second-order valence-corrected chi connectivity index (χ2v) is 10.1. The van der Waals surface area contributed by atoms with E-state index in [9.17, 15) is 15.0 Å². The van der Waals surface area contributed by atoms with Crippen LogP contribution in [0.1, 0.15) is 26.3 Å². The number of fused-ring (bicyclic) bond motifs is 1. The van der Waals surface area contributed by atoms with Gasteiger partial charge in [0.25, 0.3) is 0 Å². The topological polar surface area (TPSA) is 161 Å². The van der Waals surface area contributed by atoms with E-state index in [0.717, 1.165) is 0 Å². The van der Waals surface area contributed by atoms with Crippen LogP contribution in [0, 0.1) is 0 Å². The number of likely N-dealkylation sites (N-methyl/N-ethyl adjacent to an activating group) is 1. The average Bonchev–Trinajstić information content (AvgIpc) is 3.38. The van der Waals surface area contributed by atoms with Crippen LogP contribution in [0.2, 0.25) is 0 Å². The van der Waals surface area contributed by atoms with Crippen molar-refractivity contribution in [3.8, 4) is 0 Å². The molecule has 3 atom stereocenters. The van der Waals surface area contributed by atoms with E-state index in [1.165, 1.54) is 22.8 Å². The summed E-state index contributed by atoms with van der Waals surface area (Å²) >= 11 is 0. The number of aliphatic hydroxyl groups excluding tert-OH is 1. The van der Waals surface area contributed by atoms with Crippen LogP contribution in [0.3, 0.4) is 0 Å². The molecule has 1 aromatic carbocycles. The Morgan fingerprint density at radius 3 is 2.72 bits per heavy atom. The number of benzene rings is 1. The first-order valence-corrected chi connectivity index (χ1v) is 11.7. The lowest BCUT2D eigenvalue weighted by atomic mass is 9.87. The van der Waals surface area contributed by atoms with Crippen molar-refractivity contribution in [3.05, 3.63) is 42.5 Å².